The van der Waals surface area contributed by atoms with Crippen LogP contribution in [0.1, 0.15) is 16.1 Å². The van der Waals surface area contributed by atoms with E-state index in [9.17, 15) is 4.79 Å². The van der Waals surface area contributed by atoms with Gasteiger partial charge in [0.2, 0.25) is 0 Å². The van der Waals surface area contributed by atoms with E-state index in [0.717, 1.165) is 5.56 Å². The first-order valence-corrected chi connectivity index (χ1v) is 5.31. The zero-order valence-electron chi connectivity index (χ0n) is 9.59. The van der Waals surface area contributed by atoms with Crippen molar-refractivity contribution in [3.05, 3.63) is 54.0 Å². The van der Waals surface area contributed by atoms with Crippen LogP contribution in [0.5, 0.6) is 0 Å². The maximum Gasteiger partial charge on any atom is 0.289 e. The summed E-state index contributed by atoms with van der Waals surface area (Å²) in [7, 11) is 1.72. The lowest BCUT2D eigenvalue weighted by Gasteiger charge is -2.16. The Balaban J connectivity index is 2.10. The van der Waals surface area contributed by atoms with Gasteiger partial charge in [-0.2, -0.15) is 0 Å². The molecule has 0 unspecified atom stereocenters. The van der Waals surface area contributed by atoms with Crippen molar-refractivity contribution in [3.63, 3.8) is 0 Å². The molecule has 2 rings (SSSR count). The van der Waals surface area contributed by atoms with Gasteiger partial charge in [0.05, 0.1) is 6.26 Å². The topological polar surface area (TPSA) is 59.5 Å². The molecule has 1 amide bonds. The summed E-state index contributed by atoms with van der Waals surface area (Å²) in [5, 5.41) is 0. The predicted molar refractivity (Wildman–Crippen MR) is 65.4 cm³/mol. The zero-order chi connectivity index (χ0) is 12.3. The summed E-state index contributed by atoms with van der Waals surface area (Å²) in [6, 6.07) is 10.8. The third-order valence-electron chi connectivity index (χ3n) is 2.54. The van der Waals surface area contributed by atoms with Crippen molar-refractivity contribution in [3.8, 4) is 0 Å². The second-order valence-corrected chi connectivity index (χ2v) is 3.84. The Bertz CT molecular complexity index is 506. The van der Waals surface area contributed by atoms with Gasteiger partial charge in [-0.05, 0) is 23.8 Å². The summed E-state index contributed by atoms with van der Waals surface area (Å²) in [4.78, 5) is 13.5. The molecule has 0 saturated carbocycles. The molecule has 4 heteroatoms. The Morgan fingerprint density at radius 1 is 1.29 bits per heavy atom. The number of hydrogen-bond acceptors (Lipinski definition) is 3. The minimum atomic E-state index is -0.154. The molecule has 88 valence electrons. The van der Waals surface area contributed by atoms with Gasteiger partial charge in [0.15, 0.2) is 5.76 Å². The smallest absolute Gasteiger partial charge is 0.289 e. The van der Waals surface area contributed by atoms with Crippen LogP contribution in [-0.4, -0.2) is 17.9 Å². The molecule has 0 bridgehead atoms. The molecule has 0 aliphatic carbocycles. The first kappa shape index (κ1) is 11.3. The molecule has 0 spiro atoms. The fourth-order valence-electron chi connectivity index (χ4n) is 1.59. The molecule has 2 N–H and O–H groups in total. The monoisotopic (exact) mass is 230 g/mol. The van der Waals surface area contributed by atoms with E-state index in [-0.39, 0.29) is 5.91 Å². The lowest BCUT2D eigenvalue weighted by atomic mass is 10.1. The van der Waals surface area contributed by atoms with Gasteiger partial charge < -0.3 is 15.1 Å². The fraction of sp³-hybridized carbons (Fsp3) is 0.154. The van der Waals surface area contributed by atoms with E-state index in [1.807, 2.05) is 24.3 Å². The quantitative estimate of drug-likeness (QED) is 0.822. The van der Waals surface area contributed by atoms with E-state index in [1.165, 1.54) is 6.26 Å². The van der Waals surface area contributed by atoms with Gasteiger partial charge >= 0.3 is 0 Å². The van der Waals surface area contributed by atoms with Crippen molar-refractivity contribution in [1.82, 2.24) is 4.90 Å². The second-order valence-electron chi connectivity index (χ2n) is 3.84. The predicted octanol–water partition coefficient (Wildman–Crippen LogP) is 2.13. The van der Waals surface area contributed by atoms with Crippen molar-refractivity contribution in [2.75, 3.05) is 12.8 Å². The highest BCUT2D eigenvalue weighted by Gasteiger charge is 2.14. The Morgan fingerprint density at radius 2 is 2.06 bits per heavy atom. The Morgan fingerprint density at radius 3 is 2.71 bits per heavy atom. The maximum atomic E-state index is 11.9. The normalized spacial score (nSPS) is 10.2. The van der Waals surface area contributed by atoms with Crippen LogP contribution in [0, 0.1) is 0 Å². The van der Waals surface area contributed by atoms with Gasteiger partial charge in [0.1, 0.15) is 0 Å². The summed E-state index contributed by atoms with van der Waals surface area (Å²) in [5.41, 5.74) is 7.44. The molecule has 0 fully saturated rings. The third kappa shape index (κ3) is 2.47. The summed E-state index contributed by atoms with van der Waals surface area (Å²) >= 11 is 0. The molecule has 0 aliphatic rings. The van der Waals surface area contributed by atoms with Crippen molar-refractivity contribution < 1.29 is 9.21 Å². The van der Waals surface area contributed by atoms with Gasteiger partial charge in [0, 0.05) is 19.3 Å². The largest absolute Gasteiger partial charge is 0.459 e. The lowest BCUT2D eigenvalue weighted by molar-refractivity contribution is 0.0754. The van der Waals surface area contributed by atoms with Crippen molar-refractivity contribution in [1.29, 1.82) is 0 Å². The average Bonchev–Trinajstić information content (AvgIpc) is 2.84. The summed E-state index contributed by atoms with van der Waals surface area (Å²) in [6.07, 6.45) is 1.48. The van der Waals surface area contributed by atoms with Crippen LogP contribution in [0.25, 0.3) is 0 Å². The van der Waals surface area contributed by atoms with E-state index in [1.54, 1.807) is 24.1 Å². The van der Waals surface area contributed by atoms with Crippen molar-refractivity contribution in [2.45, 2.75) is 6.54 Å². The summed E-state index contributed by atoms with van der Waals surface area (Å²) < 4.78 is 5.06. The molecule has 0 atom stereocenters. The average molecular weight is 230 g/mol. The number of hydrogen-bond donors (Lipinski definition) is 1. The molecule has 1 aromatic heterocycles. The van der Waals surface area contributed by atoms with Crippen LogP contribution in [0.3, 0.4) is 0 Å². The van der Waals surface area contributed by atoms with Crippen LogP contribution in [-0.2, 0) is 6.54 Å². The Hall–Kier alpha value is -2.23. The first-order chi connectivity index (χ1) is 8.18. The number of carbonyl (C=O) groups excluding carboxylic acids is 1. The number of furan rings is 1. The molecule has 17 heavy (non-hydrogen) atoms. The molecule has 2 aromatic rings. The van der Waals surface area contributed by atoms with Gasteiger partial charge in [-0.15, -0.1) is 0 Å². The standard InChI is InChI=1S/C13H14N2O2/c1-15(13(16)12-7-4-8-17-12)9-10-5-2-3-6-11(10)14/h2-8H,9,14H2,1H3. The number of amides is 1. The number of nitrogens with zero attached hydrogens (tertiary/aromatic N) is 1. The van der Waals surface area contributed by atoms with Gasteiger partial charge in [-0.3, -0.25) is 4.79 Å². The van der Waals surface area contributed by atoms with E-state index in [4.69, 9.17) is 10.2 Å². The van der Waals surface area contributed by atoms with Gasteiger partial charge in [-0.25, -0.2) is 0 Å². The minimum absolute atomic E-state index is 0.154. The van der Waals surface area contributed by atoms with Crippen LogP contribution >= 0.6 is 0 Å². The number of rotatable bonds is 3. The van der Waals surface area contributed by atoms with Gasteiger partial charge in [0.25, 0.3) is 5.91 Å². The number of carbonyl (C=O) groups is 1. The number of benzene rings is 1. The number of nitrogen functional groups attached to an aromatic ring is 1. The van der Waals surface area contributed by atoms with E-state index >= 15 is 0 Å². The van der Waals surface area contributed by atoms with Crippen LogP contribution in [0.15, 0.2) is 47.1 Å². The second kappa shape index (κ2) is 4.74. The zero-order valence-corrected chi connectivity index (χ0v) is 9.59. The van der Waals surface area contributed by atoms with E-state index < -0.39 is 0 Å². The van der Waals surface area contributed by atoms with Gasteiger partial charge in [-0.1, -0.05) is 18.2 Å². The molecular weight excluding hydrogens is 216 g/mol. The third-order valence-corrected chi connectivity index (χ3v) is 2.54. The minimum Gasteiger partial charge on any atom is -0.459 e. The van der Waals surface area contributed by atoms with Crippen LogP contribution < -0.4 is 5.73 Å². The highest BCUT2D eigenvalue weighted by Crippen LogP contribution is 2.14. The van der Waals surface area contributed by atoms with Crippen molar-refractivity contribution >= 4 is 11.6 Å². The molecular formula is C13H14N2O2. The number of anilines is 1. The van der Waals surface area contributed by atoms with Crippen molar-refractivity contribution in [2.24, 2.45) is 0 Å². The fourth-order valence-corrected chi connectivity index (χ4v) is 1.59. The summed E-state index contributed by atoms with van der Waals surface area (Å²) in [6.45, 7) is 0.464. The molecule has 0 radical (unpaired) electrons. The highest BCUT2D eigenvalue weighted by molar-refractivity contribution is 5.91. The lowest BCUT2D eigenvalue weighted by Crippen LogP contribution is -2.26. The number of nitrogens with two attached hydrogens (primary N) is 1. The molecule has 1 heterocycles. The van der Waals surface area contributed by atoms with E-state index in [2.05, 4.69) is 0 Å². The van der Waals surface area contributed by atoms with E-state index in [0.29, 0.717) is 18.0 Å². The number of para-hydroxylation sites is 1. The molecule has 0 saturated heterocycles. The maximum absolute atomic E-state index is 11.9. The Labute approximate surface area is 99.6 Å². The first-order valence-electron chi connectivity index (χ1n) is 5.31. The molecule has 0 aliphatic heterocycles. The molecule has 4 nitrogen and oxygen atoms in total. The van der Waals surface area contributed by atoms with Crippen LogP contribution in [0.2, 0.25) is 0 Å². The Kier molecular flexibility index (Phi) is 3.14. The SMILES string of the molecule is CN(Cc1ccccc1N)C(=O)c1ccco1. The molecule has 1 aromatic carbocycles. The summed E-state index contributed by atoms with van der Waals surface area (Å²) in [5.74, 6) is 0.181. The highest BCUT2D eigenvalue weighted by atomic mass is 16.3. The van der Waals surface area contributed by atoms with Crippen LogP contribution in [0.4, 0.5) is 5.69 Å².